The normalized spacial score (nSPS) is 16.8. The third-order valence-corrected chi connectivity index (χ3v) is 3.65. The predicted molar refractivity (Wildman–Crippen MR) is 68.1 cm³/mol. The van der Waals surface area contributed by atoms with Gasteiger partial charge in [0.1, 0.15) is 12.1 Å². The van der Waals surface area contributed by atoms with E-state index < -0.39 is 18.1 Å². The van der Waals surface area contributed by atoms with Crippen molar-refractivity contribution >= 4 is 17.3 Å². The number of nitrogens with one attached hydrogen (secondary N) is 1. The van der Waals surface area contributed by atoms with Gasteiger partial charge in [0.15, 0.2) is 0 Å². The lowest BCUT2D eigenvalue weighted by atomic mass is 9.96. The first-order valence-corrected chi connectivity index (χ1v) is 6.51. The minimum atomic E-state index is -0.908. The topological polar surface area (TPSA) is 69.6 Å². The van der Waals surface area contributed by atoms with Crippen LogP contribution in [0.15, 0.2) is 17.5 Å². The van der Waals surface area contributed by atoms with Gasteiger partial charge in [0.05, 0.1) is 0 Å². The number of hydrogen-bond acceptors (Lipinski definition) is 4. The fourth-order valence-corrected chi connectivity index (χ4v) is 2.40. The van der Waals surface area contributed by atoms with E-state index >= 15 is 0 Å². The van der Waals surface area contributed by atoms with E-state index in [0.29, 0.717) is 0 Å². The highest BCUT2D eigenvalue weighted by Crippen LogP contribution is 2.25. The first-order chi connectivity index (χ1) is 7.93. The summed E-state index contributed by atoms with van der Waals surface area (Å²) in [5, 5.41) is 24.0. The molecule has 1 aromatic heterocycles. The lowest BCUT2D eigenvalue weighted by molar-refractivity contribution is -0.139. The number of hydrogen-bond donors (Lipinski definition) is 3. The van der Waals surface area contributed by atoms with Crippen molar-refractivity contribution in [3.8, 4) is 0 Å². The molecule has 4 nitrogen and oxygen atoms in total. The maximum Gasteiger partial charge on any atom is 0.320 e. The van der Waals surface area contributed by atoms with E-state index in [4.69, 9.17) is 5.11 Å². The molecule has 0 saturated carbocycles. The van der Waals surface area contributed by atoms with Gasteiger partial charge in [0.2, 0.25) is 0 Å². The highest BCUT2D eigenvalue weighted by molar-refractivity contribution is 7.10. The van der Waals surface area contributed by atoms with Crippen LogP contribution >= 0.6 is 11.3 Å². The van der Waals surface area contributed by atoms with Crippen LogP contribution in [0.1, 0.15) is 31.8 Å². The van der Waals surface area contributed by atoms with Crippen molar-refractivity contribution in [1.29, 1.82) is 0 Å². The lowest BCUT2D eigenvalue weighted by Gasteiger charge is -2.28. The Morgan fingerprint density at radius 2 is 2.06 bits per heavy atom. The maximum absolute atomic E-state index is 10.8. The molecule has 0 spiro atoms. The molecule has 0 aliphatic rings. The smallest absolute Gasteiger partial charge is 0.320 e. The van der Waals surface area contributed by atoms with E-state index in [0.717, 1.165) is 4.88 Å². The van der Waals surface area contributed by atoms with E-state index in [-0.39, 0.29) is 12.0 Å². The number of aliphatic carboxylic acids is 1. The molecule has 0 bridgehead atoms. The first kappa shape index (κ1) is 14.2. The number of carboxylic acids is 1. The molecule has 1 rings (SSSR count). The van der Waals surface area contributed by atoms with E-state index in [1.54, 1.807) is 6.92 Å². The van der Waals surface area contributed by atoms with Gasteiger partial charge in [-0.2, -0.15) is 0 Å². The van der Waals surface area contributed by atoms with Crippen molar-refractivity contribution in [3.63, 3.8) is 0 Å². The standard InChI is InChI=1S/C12H19NO3S/c1-7(2)10(13-8(3)12(15)16)11(14)9-5-4-6-17-9/h4-8,10-11,13-14H,1-3H3,(H,15,16). The van der Waals surface area contributed by atoms with Crippen molar-refractivity contribution in [1.82, 2.24) is 5.32 Å². The number of aliphatic hydroxyl groups excluding tert-OH is 1. The van der Waals surface area contributed by atoms with Crippen LogP contribution in [0.4, 0.5) is 0 Å². The summed E-state index contributed by atoms with van der Waals surface area (Å²) in [5.74, 6) is -0.761. The van der Waals surface area contributed by atoms with Gasteiger partial charge in [-0.3, -0.25) is 10.1 Å². The molecule has 1 heterocycles. The molecular formula is C12H19NO3S. The summed E-state index contributed by atoms with van der Waals surface area (Å²) in [4.78, 5) is 11.7. The van der Waals surface area contributed by atoms with Crippen molar-refractivity contribution < 1.29 is 15.0 Å². The summed E-state index contributed by atoms with van der Waals surface area (Å²) in [6.45, 7) is 5.50. The zero-order chi connectivity index (χ0) is 13.0. The Bertz CT molecular complexity index is 351. The van der Waals surface area contributed by atoms with Crippen LogP contribution in [0.5, 0.6) is 0 Å². The third kappa shape index (κ3) is 3.80. The second-order valence-electron chi connectivity index (χ2n) is 4.46. The molecule has 3 unspecified atom stereocenters. The van der Waals surface area contributed by atoms with Crippen LogP contribution < -0.4 is 5.32 Å². The van der Waals surface area contributed by atoms with Gasteiger partial charge in [0.25, 0.3) is 0 Å². The number of rotatable bonds is 6. The molecule has 3 atom stereocenters. The average molecular weight is 257 g/mol. The average Bonchev–Trinajstić information content (AvgIpc) is 2.77. The van der Waals surface area contributed by atoms with E-state index in [1.165, 1.54) is 11.3 Å². The van der Waals surface area contributed by atoms with Crippen LogP contribution in [0.25, 0.3) is 0 Å². The van der Waals surface area contributed by atoms with Gasteiger partial charge in [-0.25, -0.2) is 0 Å². The minimum absolute atomic E-state index is 0.147. The van der Waals surface area contributed by atoms with Gasteiger partial charge in [-0.15, -0.1) is 11.3 Å². The van der Waals surface area contributed by atoms with Crippen LogP contribution in [-0.4, -0.2) is 28.3 Å². The SMILES string of the molecule is CC(NC(C(C)C)C(O)c1cccs1)C(=O)O. The summed E-state index contributed by atoms with van der Waals surface area (Å²) in [6.07, 6.45) is -0.670. The summed E-state index contributed by atoms with van der Waals surface area (Å²) < 4.78 is 0. The maximum atomic E-state index is 10.8. The Morgan fingerprint density at radius 3 is 2.47 bits per heavy atom. The Hall–Kier alpha value is -0.910. The van der Waals surface area contributed by atoms with E-state index in [9.17, 15) is 9.90 Å². The molecule has 0 aromatic carbocycles. The van der Waals surface area contributed by atoms with Gasteiger partial charge in [-0.1, -0.05) is 19.9 Å². The summed E-state index contributed by atoms with van der Waals surface area (Å²) in [7, 11) is 0. The molecule has 0 saturated heterocycles. The quantitative estimate of drug-likeness (QED) is 0.727. The van der Waals surface area contributed by atoms with Gasteiger partial charge >= 0.3 is 5.97 Å². The largest absolute Gasteiger partial charge is 0.480 e. The summed E-state index contributed by atoms with van der Waals surface area (Å²) >= 11 is 1.47. The van der Waals surface area contributed by atoms with Crippen molar-refractivity contribution in [2.45, 2.75) is 39.0 Å². The highest BCUT2D eigenvalue weighted by Gasteiger charge is 2.27. The molecule has 1 aromatic rings. The van der Waals surface area contributed by atoms with Crippen LogP contribution in [0, 0.1) is 5.92 Å². The summed E-state index contributed by atoms with van der Waals surface area (Å²) in [5.41, 5.74) is 0. The summed E-state index contributed by atoms with van der Waals surface area (Å²) in [6, 6.07) is 2.80. The molecule has 5 heteroatoms. The number of carboxylic acid groups (broad SMARTS) is 1. The van der Waals surface area contributed by atoms with Gasteiger partial charge < -0.3 is 10.2 Å². The number of aliphatic hydroxyl groups is 1. The van der Waals surface area contributed by atoms with Crippen LogP contribution in [-0.2, 0) is 4.79 Å². The Labute approximate surface area is 105 Å². The predicted octanol–water partition coefficient (Wildman–Crippen LogP) is 1.87. The zero-order valence-corrected chi connectivity index (χ0v) is 11.1. The molecule has 17 heavy (non-hydrogen) atoms. The monoisotopic (exact) mass is 257 g/mol. The molecule has 0 fully saturated rings. The van der Waals surface area contributed by atoms with Crippen LogP contribution in [0.3, 0.4) is 0 Å². The van der Waals surface area contributed by atoms with E-state index in [1.807, 2.05) is 31.4 Å². The van der Waals surface area contributed by atoms with Crippen molar-refractivity contribution in [3.05, 3.63) is 22.4 Å². The second kappa shape index (κ2) is 6.14. The Balaban J connectivity index is 2.76. The third-order valence-electron chi connectivity index (χ3n) is 2.71. The number of thiophene rings is 1. The Morgan fingerprint density at radius 1 is 1.41 bits per heavy atom. The molecule has 3 N–H and O–H groups in total. The minimum Gasteiger partial charge on any atom is -0.480 e. The van der Waals surface area contributed by atoms with Gasteiger partial charge in [0, 0.05) is 10.9 Å². The molecular weight excluding hydrogens is 238 g/mol. The Kier molecular flexibility index (Phi) is 5.11. The molecule has 96 valence electrons. The lowest BCUT2D eigenvalue weighted by Crippen LogP contribution is -2.47. The van der Waals surface area contributed by atoms with Gasteiger partial charge in [-0.05, 0) is 24.3 Å². The molecule has 0 amide bonds. The van der Waals surface area contributed by atoms with E-state index in [2.05, 4.69) is 5.32 Å². The number of carbonyl (C=O) groups is 1. The van der Waals surface area contributed by atoms with Crippen molar-refractivity contribution in [2.24, 2.45) is 5.92 Å². The fraction of sp³-hybridized carbons (Fsp3) is 0.583. The highest BCUT2D eigenvalue weighted by atomic mass is 32.1. The van der Waals surface area contributed by atoms with Crippen molar-refractivity contribution in [2.75, 3.05) is 0 Å². The molecule has 0 aliphatic carbocycles. The zero-order valence-electron chi connectivity index (χ0n) is 10.3. The fourth-order valence-electron chi connectivity index (χ4n) is 1.64. The molecule has 0 aliphatic heterocycles. The van der Waals surface area contributed by atoms with Crippen LogP contribution in [0.2, 0.25) is 0 Å². The second-order valence-corrected chi connectivity index (χ2v) is 5.44. The first-order valence-electron chi connectivity index (χ1n) is 5.63. The molecule has 0 radical (unpaired) electrons.